The van der Waals surface area contributed by atoms with Crippen LogP contribution in [0.5, 0.6) is 5.75 Å². The van der Waals surface area contributed by atoms with E-state index in [1.165, 1.54) is 0 Å². The van der Waals surface area contributed by atoms with E-state index in [4.69, 9.17) is 26.6 Å². The van der Waals surface area contributed by atoms with Gasteiger partial charge in [0.05, 0.1) is 13.1 Å². The van der Waals surface area contributed by atoms with Crippen molar-refractivity contribution in [3.63, 3.8) is 0 Å². The Morgan fingerprint density at radius 1 is 1.12 bits per heavy atom. The first-order valence-corrected chi connectivity index (χ1v) is 8.45. The lowest BCUT2D eigenvalue weighted by molar-refractivity contribution is 0.110. The minimum atomic E-state index is 0.286. The van der Waals surface area contributed by atoms with E-state index in [1.54, 1.807) is 0 Å². The van der Waals surface area contributed by atoms with Crippen molar-refractivity contribution in [2.45, 2.75) is 13.1 Å². The third kappa shape index (κ3) is 4.91. The Balaban J connectivity index is 1.35. The molecule has 1 saturated heterocycles. The number of aromatic nitrogens is 2. The molecule has 1 aromatic carbocycles. The molecule has 0 radical (unpaired) electrons. The standard InChI is InChI=1S/C16H22ClN5O2/c17-13-1-3-14(4-2-13)23-10-9-21-5-7-22(8-6-21)12-15-19-16(11-18)24-20-15/h1-4H,5-12,18H2. The number of piperazine rings is 1. The molecule has 1 fully saturated rings. The van der Waals surface area contributed by atoms with Crippen molar-refractivity contribution in [3.8, 4) is 5.75 Å². The van der Waals surface area contributed by atoms with E-state index < -0.39 is 0 Å². The fourth-order valence-electron chi connectivity index (χ4n) is 2.63. The van der Waals surface area contributed by atoms with Crippen LogP contribution in [0.3, 0.4) is 0 Å². The first-order chi connectivity index (χ1) is 11.7. The summed E-state index contributed by atoms with van der Waals surface area (Å²) in [7, 11) is 0. The number of hydrogen-bond acceptors (Lipinski definition) is 7. The topological polar surface area (TPSA) is 80.7 Å². The molecule has 3 rings (SSSR count). The van der Waals surface area contributed by atoms with Gasteiger partial charge in [-0.05, 0) is 24.3 Å². The molecule has 2 N–H and O–H groups in total. The minimum Gasteiger partial charge on any atom is -0.492 e. The molecule has 0 saturated carbocycles. The quantitative estimate of drug-likeness (QED) is 0.807. The predicted molar refractivity (Wildman–Crippen MR) is 90.9 cm³/mol. The van der Waals surface area contributed by atoms with Gasteiger partial charge in [0, 0.05) is 37.7 Å². The van der Waals surface area contributed by atoms with Crippen LogP contribution in [0.2, 0.25) is 5.02 Å². The lowest BCUT2D eigenvalue weighted by Crippen LogP contribution is -2.47. The van der Waals surface area contributed by atoms with Crippen LogP contribution in [0, 0.1) is 0 Å². The first-order valence-electron chi connectivity index (χ1n) is 8.07. The zero-order valence-corrected chi connectivity index (χ0v) is 14.3. The highest BCUT2D eigenvalue weighted by atomic mass is 35.5. The van der Waals surface area contributed by atoms with Crippen LogP contribution in [0.1, 0.15) is 11.7 Å². The Morgan fingerprint density at radius 2 is 1.83 bits per heavy atom. The van der Waals surface area contributed by atoms with Crippen molar-refractivity contribution in [2.75, 3.05) is 39.3 Å². The zero-order chi connectivity index (χ0) is 16.8. The molecule has 0 spiro atoms. The number of halogens is 1. The van der Waals surface area contributed by atoms with Crippen molar-refractivity contribution in [1.29, 1.82) is 0 Å². The molecular formula is C16H22ClN5O2. The molecule has 8 heteroatoms. The van der Waals surface area contributed by atoms with E-state index in [0.717, 1.165) is 43.5 Å². The molecule has 130 valence electrons. The van der Waals surface area contributed by atoms with Gasteiger partial charge in [0.15, 0.2) is 5.82 Å². The second kappa shape index (κ2) is 8.43. The van der Waals surface area contributed by atoms with Crippen molar-refractivity contribution in [1.82, 2.24) is 19.9 Å². The molecule has 0 aliphatic carbocycles. The second-order valence-electron chi connectivity index (χ2n) is 5.73. The number of nitrogens with zero attached hydrogens (tertiary/aromatic N) is 4. The van der Waals surface area contributed by atoms with Gasteiger partial charge in [-0.3, -0.25) is 9.80 Å². The molecule has 2 aromatic rings. The highest BCUT2D eigenvalue weighted by molar-refractivity contribution is 6.30. The summed E-state index contributed by atoms with van der Waals surface area (Å²) in [6, 6.07) is 7.45. The Kier molecular flexibility index (Phi) is 6.03. The lowest BCUT2D eigenvalue weighted by atomic mass is 10.3. The fourth-order valence-corrected chi connectivity index (χ4v) is 2.76. The number of rotatable bonds is 7. The molecular weight excluding hydrogens is 330 g/mol. The SMILES string of the molecule is NCc1nc(CN2CCN(CCOc3ccc(Cl)cc3)CC2)no1. The molecule has 1 aliphatic heterocycles. The normalized spacial score (nSPS) is 16.4. The van der Waals surface area contributed by atoms with Crippen LogP contribution < -0.4 is 10.5 Å². The largest absolute Gasteiger partial charge is 0.492 e. The molecule has 1 aliphatic rings. The molecule has 1 aromatic heterocycles. The highest BCUT2D eigenvalue weighted by Gasteiger charge is 2.18. The molecule has 0 atom stereocenters. The van der Waals surface area contributed by atoms with Crippen molar-refractivity contribution < 1.29 is 9.26 Å². The van der Waals surface area contributed by atoms with Crippen LogP contribution in [0.4, 0.5) is 0 Å². The third-order valence-corrected chi connectivity index (χ3v) is 4.26. The Labute approximate surface area is 146 Å². The van der Waals surface area contributed by atoms with Gasteiger partial charge in [-0.25, -0.2) is 0 Å². The minimum absolute atomic E-state index is 0.286. The fraction of sp³-hybridized carbons (Fsp3) is 0.500. The van der Waals surface area contributed by atoms with Crippen LogP contribution in [0.25, 0.3) is 0 Å². The van der Waals surface area contributed by atoms with Crippen LogP contribution in [-0.2, 0) is 13.1 Å². The van der Waals surface area contributed by atoms with Gasteiger partial charge in [0.2, 0.25) is 5.89 Å². The summed E-state index contributed by atoms with van der Waals surface area (Å²) in [5.74, 6) is 2.05. The highest BCUT2D eigenvalue weighted by Crippen LogP contribution is 2.15. The van der Waals surface area contributed by atoms with E-state index in [0.29, 0.717) is 24.9 Å². The van der Waals surface area contributed by atoms with Crippen molar-refractivity contribution in [2.24, 2.45) is 5.73 Å². The Morgan fingerprint density at radius 3 is 2.50 bits per heavy atom. The lowest BCUT2D eigenvalue weighted by Gasteiger charge is -2.33. The molecule has 7 nitrogen and oxygen atoms in total. The van der Waals surface area contributed by atoms with E-state index in [2.05, 4.69) is 19.9 Å². The van der Waals surface area contributed by atoms with Gasteiger partial charge in [-0.1, -0.05) is 16.8 Å². The van der Waals surface area contributed by atoms with Gasteiger partial charge in [-0.15, -0.1) is 0 Å². The van der Waals surface area contributed by atoms with Gasteiger partial charge >= 0.3 is 0 Å². The summed E-state index contributed by atoms with van der Waals surface area (Å²) < 4.78 is 10.8. The summed E-state index contributed by atoms with van der Waals surface area (Å²) in [5.41, 5.74) is 5.48. The summed E-state index contributed by atoms with van der Waals surface area (Å²) in [6.07, 6.45) is 0. The summed E-state index contributed by atoms with van der Waals surface area (Å²) in [4.78, 5) is 8.96. The monoisotopic (exact) mass is 351 g/mol. The maximum absolute atomic E-state index is 5.86. The zero-order valence-electron chi connectivity index (χ0n) is 13.5. The van der Waals surface area contributed by atoms with E-state index in [-0.39, 0.29) is 6.54 Å². The molecule has 2 heterocycles. The average molecular weight is 352 g/mol. The molecule has 0 amide bonds. The maximum Gasteiger partial charge on any atom is 0.240 e. The van der Waals surface area contributed by atoms with Crippen LogP contribution >= 0.6 is 11.6 Å². The predicted octanol–water partition coefficient (Wildman–Crippen LogP) is 1.38. The first kappa shape index (κ1) is 17.2. The van der Waals surface area contributed by atoms with E-state index in [1.807, 2.05) is 24.3 Å². The average Bonchev–Trinajstić information content (AvgIpc) is 3.06. The Bertz CT molecular complexity index is 626. The number of nitrogens with two attached hydrogens (primary N) is 1. The van der Waals surface area contributed by atoms with Gasteiger partial charge in [0.1, 0.15) is 12.4 Å². The van der Waals surface area contributed by atoms with E-state index in [9.17, 15) is 0 Å². The van der Waals surface area contributed by atoms with Crippen molar-refractivity contribution >= 4 is 11.6 Å². The van der Waals surface area contributed by atoms with Crippen molar-refractivity contribution in [3.05, 3.63) is 41.0 Å². The van der Waals surface area contributed by atoms with Gasteiger partial charge in [0.25, 0.3) is 0 Å². The number of hydrogen-bond donors (Lipinski definition) is 1. The van der Waals surface area contributed by atoms with E-state index >= 15 is 0 Å². The maximum atomic E-state index is 5.86. The number of benzene rings is 1. The Hall–Kier alpha value is -1.67. The summed E-state index contributed by atoms with van der Waals surface area (Å²) >= 11 is 5.86. The third-order valence-electron chi connectivity index (χ3n) is 4.00. The molecule has 0 unspecified atom stereocenters. The van der Waals surface area contributed by atoms with Gasteiger partial charge in [-0.2, -0.15) is 4.98 Å². The summed E-state index contributed by atoms with van der Waals surface area (Å²) in [5, 5.41) is 4.66. The van der Waals surface area contributed by atoms with Crippen LogP contribution in [0.15, 0.2) is 28.8 Å². The summed E-state index contributed by atoms with van der Waals surface area (Å²) in [6.45, 7) is 6.55. The molecule has 0 bridgehead atoms. The second-order valence-corrected chi connectivity index (χ2v) is 6.17. The molecule has 24 heavy (non-hydrogen) atoms. The van der Waals surface area contributed by atoms with Gasteiger partial charge < -0.3 is 15.0 Å². The van der Waals surface area contributed by atoms with Crippen LogP contribution in [-0.4, -0.2) is 59.3 Å². The smallest absolute Gasteiger partial charge is 0.240 e. The number of ether oxygens (including phenoxy) is 1.